The minimum absolute atomic E-state index is 0.0862. The number of H-pyrrole nitrogens is 1. The number of imidazole rings is 2. The van der Waals surface area contributed by atoms with E-state index in [1.54, 1.807) is 11.1 Å². The number of fused-ring (bicyclic) bond motifs is 2. The molecule has 0 unspecified atom stereocenters. The molecule has 2 aromatic heterocycles. The highest BCUT2D eigenvalue weighted by Crippen LogP contribution is 2.54. The first-order chi connectivity index (χ1) is 15.3. The van der Waals surface area contributed by atoms with Crippen molar-refractivity contribution in [2.45, 2.75) is 31.7 Å². The quantitative estimate of drug-likeness (QED) is 0.526. The number of rotatable bonds is 2. The number of para-hydroxylation sites is 1. The van der Waals surface area contributed by atoms with Gasteiger partial charge in [-0.05, 0) is 31.9 Å². The van der Waals surface area contributed by atoms with Gasteiger partial charge >= 0.3 is 0 Å². The van der Waals surface area contributed by atoms with Crippen LogP contribution in [0.4, 0.5) is 5.69 Å². The van der Waals surface area contributed by atoms with E-state index in [4.69, 9.17) is 9.90 Å². The second kappa shape index (κ2) is 7.95. The molecule has 2 amide bonds. The van der Waals surface area contributed by atoms with Crippen LogP contribution in [-0.4, -0.2) is 54.4 Å². The van der Waals surface area contributed by atoms with Crippen molar-refractivity contribution in [3.63, 3.8) is 0 Å². The summed E-state index contributed by atoms with van der Waals surface area (Å²) >= 11 is 0. The normalized spacial score (nSPS) is 21.2. The van der Waals surface area contributed by atoms with Gasteiger partial charge in [-0.15, -0.1) is 0 Å². The average molecular weight is 436 g/mol. The molecule has 0 radical (unpaired) electrons. The van der Waals surface area contributed by atoms with E-state index < -0.39 is 11.5 Å². The third-order valence-electron chi connectivity index (χ3n) is 6.16. The number of likely N-dealkylation sites (tertiary alicyclic amines) is 1. The maximum absolute atomic E-state index is 13.5. The van der Waals surface area contributed by atoms with Crippen LogP contribution < -0.4 is 5.32 Å². The molecule has 1 saturated heterocycles. The number of benzene rings is 1. The lowest BCUT2D eigenvalue weighted by atomic mass is 9.74. The molecule has 0 saturated carbocycles. The Labute approximate surface area is 184 Å². The molecule has 1 aromatic carbocycles. The van der Waals surface area contributed by atoms with Gasteiger partial charge in [0.05, 0.1) is 0 Å². The number of anilines is 1. The third-order valence-corrected chi connectivity index (χ3v) is 6.16. The summed E-state index contributed by atoms with van der Waals surface area (Å²) in [5, 5.41) is 9.91. The Hall–Kier alpha value is -3.95. The van der Waals surface area contributed by atoms with Crippen LogP contribution in [-0.2, 0) is 22.1 Å². The van der Waals surface area contributed by atoms with Crippen molar-refractivity contribution in [3.8, 4) is 0 Å². The van der Waals surface area contributed by atoms with Crippen LogP contribution in [0.15, 0.2) is 36.7 Å². The fourth-order valence-electron chi connectivity index (χ4n) is 4.86. The molecule has 5 rings (SSSR count). The number of hydrogen-bond donors (Lipinski definition) is 3. The molecule has 2 aliphatic rings. The van der Waals surface area contributed by atoms with Gasteiger partial charge in [0.25, 0.3) is 12.4 Å². The summed E-state index contributed by atoms with van der Waals surface area (Å²) in [5.74, 6) is 1.11. The Morgan fingerprint density at radius 2 is 2.03 bits per heavy atom. The van der Waals surface area contributed by atoms with Gasteiger partial charge in [-0.1, -0.05) is 18.2 Å². The van der Waals surface area contributed by atoms with Gasteiger partial charge in [0.2, 0.25) is 5.91 Å². The number of nitrogens with zero attached hydrogens (tertiary/aromatic N) is 4. The van der Waals surface area contributed by atoms with E-state index in [0.29, 0.717) is 30.3 Å². The fraction of sp³-hybridized carbons (Fsp3) is 0.318. The Kier molecular flexibility index (Phi) is 5.29. The van der Waals surface area contributed by atoms with Gasteiger partial charge in [0.1, 0.15) is 28.8 Å². The van der Waals surface area contributed by atoms with Crippen molar-refractivity contribution in [3.05, 3.63) is 65.3 Å². The molecule has 166 valence electrons. The lowest BCUT2D eigenvalue weighted by molar-refractivity contribution is -0.123. The maximum atomic E-state index is 13.5. The minimum atomic E-state index is -0.870. The van der Waals surface area contributed by atoms with Crippen LogP contribution in [0.1, 0.15) is 45.9 Å². The summed E-state index contributed by atoms with van der Waals surface area (Å²) in [6.45, 7) is 3.86. The van der Waals surface area contributed by atoms with Crippen LogP contribution in [0.3, 0.4) is 0 Å². The molecule has 32 heavy (non-hydrogen) atoms. The van der Waals surface area contributed by atoms with Crippen LogP contribution in [0.5, 0.6) is 0 Å². The van der Waals surface area contributed by atoms with Gasteiger partial charge in [0, 0.05) is 37.4 Å². The van der Waals surface area contributed by atoms with Gasteiger partial charge in [0.15, 0.2) is 0 Å². The van der Waals surface area contributed by atoms with Gasteiger partial charge in [-0.25, -0.2) is 9.97 Å². The average Bonchev–Trinajstić information content (AvgIpc) is 3.50. The summed E-state index contributed by atoms with van der Waals surface area (Å²) in [5.41, 5.74) is 1.97. The molecule has 3 N–H and O–H groups in total. The van der Waals surface area contributed by atoms with E-state index in [1.807, 2.05) is 55.9 Å². The van der Waals surface area contributed by atoms with E-state index in [9.17, 15) is 9.59 Å². The molecule has 1 spiro atoms. The first-order valence-corrected chi connectivity index (χ1v) is 10.1. The molecule has 0 bridgehead atoms. The molecular weight excluding hydrogens is 412 g/mol. The molecule has 4 heterocycles. The number of hydrogen-bond acceptors (Lipinski definition) is 5. The van der Waals surface area contributed by atoms with Crippen LogP contribution >= 0.6 is 0 Å². The number of aromatic amines is 1. The summed E-state index contributed by atoms with van der Waals surface area (Å²) < 4.78 is 1.88. The number of nitrogens with one attached hydrogen (secondary N) is 2. The largest absolute Gasteiger partial charge is 0.483 e. The second-order valence-corrected chi connectivity index (χ2v) is 7.92. The van der Waals surface area contributed by atoms with Crippen molar-refractivity contribution >= 4 is 24.0 Å². The molecule has 10 nitrogen and oxygen atoms in total. The second-order valence-electron chi connectivity index (χ2n) is 7.92. The SMILES string of the molecule is Cc1nc(C(=O)N2CC[C@]3(C(=O)Nc4ccccc43)[C@@H]2c2nccn2C)c(C)[nH]1.O=CO. The standard InChI is InChI=1S/C21H22N6O2.CH2O2/c1-12-16(24-13(2)23-12)19(28)27-10-8-21(17(27)18-22-9-11-26(18)3)14-6-4-5-7-15(14)25-20(21)29;2-1-3/h4-7,9,11,17H,8,10H2,1-3H3,(H,23,24)(H,25,29);1H,(H,2,3)/t17-,21+;/m0./s1. The highest BCUT2D eigenvalue weighted by atomic mass is 16.3. The number of carboxylic acid groups (broad SMARTS) is 1. The third kappa shape index (κ3) is 3.06. The fourth-order valence-corrected chi connectivity index (χ4v) is 4.86. The molecule has 2 aliphatic heterocycles. The maximum Gasteiger partial charge on any atom is 0.290 e. The molecule has 2 atom stereocenters. The highest BCUT2D eigenvalue weighted by Gasteiger charge is 2.60. The number of carbonyl (C=O) groups is 3. The lowest BCUT2D eigenvalue weighted by Gasteiger charge is -2.33. The van der Waals surface area contributed by atoms with Crippen molar-refractivity contribution in [1.29, 1.82) is 0 Å². The lowest BCUT2D eigenvalue weighted by Crippen LogP contribution is -2.44. The first kappa shape index (κ1) is 21.3. The summed E-state index contributed by atoms with van der Waals surface area (Å²) in [4.78, 5) is 49.0. The monoisotopic (exact) mass is 436 g/mol. The van der Waals surface area contributed by atoms with E-state index in [1.165, 1.54) is 0 Å². The Morgan fingerprint density at radius 3 is 2.66 bits per heavy atom. The molecule has 1 fully saturated rings. The van der Waals surface area contributed by atoms with Gasteiger partial charge in [-0.3, -0.25) is 14.4 Å². The zero-order valence-corrected chi connectivity index (χ0v) is 18.0. The summed E-state index contributed by atoms with van der Waals surface area (Å²) in [6, 6.07) is 7.20. The zero-order valence-electron chi connectivity index (χ0n) is 18.0. The van der Waals surface area contributed by atoms with E-state index in [-0.39, 0.29) is 18.3 Å². The van der Waals surface area contributed by atoms with E-state index in [2.05, 4.69) is 20.3 Å². The Balaban J connectivity index is 0.000000775. The van der Waals surface area contributed by atoms with Crippen molar-refractivity contribution in [2.24, 2.45) is 7.05 Å². The summed E-state index contributed by atoms with van der Waals surface area (Å²) in [6.07, 6.45) is 4.07. The number of carbonyl (C=O) groups excluding carboxylic acids is 2. The Bertz CT molecular complexity index is 1200. The van der Waals surface area contributed by atoms with Gasteiger partial charge < -0.3 is 24.9 Å². The highest BCUT2D eigenvalue weighted by molar-refractivity contribution is 6.08. The predicted molar refractivity (Wildman–Crippen MR) is 115 cm³/mol. The van der Waals surface area contributed by atoms with Crippen LogP contribution in [0, 0.1) is 13.8 Å². The van der Waals surface area contributed by atoms with Crippen LogP contribution in [0.2, 0.25) is 0 Å². The van der Waals surface area contributed by atoms with E-state index >= 15 is 0 Å². The molecule has 0 aliphatic carbocycles. The predicted octanol–water partition coefficient (Wildman–Crippen LogP) is 1.94. The van der Waals surface area contributed by atoms with Gasteiger partial charge in [-0.2, -0.15) is 0 Å². The smallest absolute Gasteiger partial charge is 0.290 e. The molecular formula is C22H24N6O4. The molecule has 3 aromatic rings. The van der Waals surface area contributed by atoms with Crippen molar-refractivity contribution in [1.82, 2.24) is 24.4 Å². The minimum Gasteiger partial charge on any atom is -0.483 e. The number of aromatic nitrogens is 4. The Morgan fingerprint density at radius 1 is 1.31 bits per heavy atom. The number of aryl methyl sites for hydroxylation is 3. The van der Waals surface area contributed by atoms with E-state index in [0.717, 1.165) is 16.9 Å². The van der Waals surface area contributed by atoms with Crippen LogP contribution in [0.25, 0.3) is 0 Å². The van der Waals surface area contributed by atoms with Crippen molar-refractivity contribution in [2.75, 3.05) is 11.9 Å². The molecule has 10 heteroatoms. The first-order valence-electron chi connectivity index (χ1n) is 10.1. The topological polar surface area (TPSA) is 133 Å². The van der Waals surface area contributed by atoms with Crippen molar-refractivity contribution < 1.29 is 19.5 Å². The zero-order chi connectivity index (χ0) is 23.0. The number of amides is 2. The summed E-state index contributed by atoms with van der Waals surface area (Å²) in [7, 11) is 1.89.